The lowest BCUT2D eigenvalue weighted by Crippen LogP contribution is -2.12. The molecule has 0 spiro atoms. The van der Waals surface area contributed by atoms with Crippen LogP contribution in [0.4, 0.5) is 0 Å². The van der Waals surface area contributed by atoms with Gasteiger partial charge in [0.1, 0.15) is 0 Å². The van der Waals surface area contributed by atoms with Crippen LogP contribution >= 0.6 is 0 Å². The molecule has 0 radical (unpaired) electrons. The third-order valence-electron chi connectivity index (χ3n) is 4.24. The molecule has 0 atom stereocenters. The molecule has 0 saturated heterocycles. The first-order valence-corrected chi connectivity index (χ1v) is 8.70. The van der Waals surface area contributed by atoms with E-state index in [9.17, 15) is 0 Å². The van der Waals surface area contributed by atoms with Gasteiger partial charge < -0.3 is 5.32 Å². The van der Waals surface area contributed by atoms with E-state index in [0.29, 0.717) is 5.92 Å². The van der Waals surface area contributed by atoms with Gasteiger partial charge in [-0.1, -0.05) is 44.9 Å². The SMILES string of the molecule is C=C.C=C(/C(CC/C(C)=C/C)=C(/C)NC)C(CCC)CCC. The highest BCUT2D eigenvalue weighted by Gasteiger charge is 2.16. The van der Waals surface area contributed by atoms with Gasteiger partial charge in [-0.05, 0) is 63.5 Å². The molecule has 0 heterocycles. The lowest BCUT2D eigenvalue weighted by Gasteiger charge is -2.23. The average Bonchev–Trinajstić information content (AvgIpc) is 2.55. The molecule has 0 saturated carbocycles. The van der Waals surface area contributed by atoms with Gasteiger partial charge in [0, 0.05) is 12.7 Å². The van der Waals surface area contributed by atoms with E-state index in [4.69, 9.17) is 0 Å². The quantitative estimate of drug-likeness (QED) is 0.345. The third kappa shape index (κ3) is 8.92. The zero-order valence-corrected chi connectivity index (χ0v) is 16.0. The van der Waals surface area contributed by atoms with Crippen LogP contribution in [0.3, 0.4) is 0 Å². The molecule has 0 bridgehead atoms. The molecule has 1 heteroatoms. The van der Waals surface area contributed by atoms with Crippen molar-refractivity contribution in [1.29, 1.82) is 0 Å². The van der Waals surface area contributed by atoms with Gasteiger partial charge in [-0.15, -0.1) is 13.2 Å². The highest BCUT2D eigenvalue weighted by Crippen LogP contribution is 2.31. The Morgan fingerprint density at radius 1 is 1.05 bits per heavy atom. The van der Waals surface area contributed by atoms with Crippen LogP contribution in [0.5, 0.6) is 0 Å². The second kappa shape index (κ2) is 14.7. The molecule has 22 heavy (non-hydrogen) atoms. The van der Waals surface area contributed by atoms with E-state index >= 15 is 0 Å². The average molecular weight is 306 g/mol. The summed E-state index contributed by atoms with van der Waals surface area (Å²) in [6, 6.07) is 0. The van der Waals surface area contributed by atoms with Crippen LogP contribution in [-0.2, 0) is 0 Å². The second-order valence-electron chi connectivity index (χ2n) is 5.79. The molecule has 0 rings (SSSR count). The Morgan fingerprint density at radius 3 is 1.91 bits per heavy atom. The summed E-state index contributed by atoms with van der Waals surface area (Å²) in [5.74, 6) is 0.647. The zero-order valence-electron chi connectivity index (χ0n) is 16.0. The molecular formula is C21H39N. The normalized spacial score (nSPS) is 12.4. The van der Waals surface area contributed by atoms with Gasteiger partial charge in [0.15, 0.2) is 0 Å². The maximum absolute atomic E-state index is 4.45. The fourth-order valence-electron chi connectivity index (χ4n) is 2.64. The van der Waals surface area contributed by atoms with E-state index < -0.39 is 0 Å². The third-order valence-corrected chi connectivity index (χ3v) is 4.24. The first kappa shape index (κ1) is 23.0. The molecule has 1 nitrogen and oxygen atoms in total. The fourth-order valence-corrected chi connectivity index (χ4v) is 2.64. The topological polar surface area (TPSA) is 12.0 Å². The predicted molar refractivity (Wildman–Crippen MR) is 104 cm³/mol. The van der Waals surface area contributed by atoms with Crippen LogP contribution in [0.25, 0.3) is 0 Å². The minimum atomic E-state index is 0.647. The summed E-state index contributed by atoms with van der Waals surface area (Å²) in [4.78, 5) is 0. The summed E-state index contributed by atoms with van der Waals surface area (Å²) in [5, 5.41) is 3.33. The molecule has 0 amide bonds. The first-order chi connectivity index (χ1) is 10.5. The van der Waals surface area contributed by atoms with Gasteiger partial charge >= 0.3 is 0 Å². The minimum Gasteiger partial charge on any atom is -0.391 e. The van der Waals surface area contributed by atoms with E-state index in [-0.39, 0.29) is 0 Å². The van der Waals surface area contributed by atoms with Crippen LogP contribution in [0.1, 0.15) is 73.1 Å². The molecule has 0 aromatic heterocycles. The van der Waals surface area contributed by atoms with Crippen LogP contribution in [0, 0.1) is 5.92 Å². The molecule has 0 aliphatic carbocycles. The molecule has 1 N–H and O–H groups in total. The second-order valence-corrected chi connectivity index (χ2v) is 5.79. The molecule has 0 aliphatic rings. The van der Waals surface area contributed by atoms with Crippen molar-refractivity contribution in [3.05, 3.63) is 48.2 Å². The Kier molecular flexibility index (Phi) is 15.4. The Bertz CT molecular complexity index is 354. The zero-order chi connectivity index (χ0) is 17.5. The van der Waals surface area contributed by atoms with E-state index in [0.717, 1.165) is 12.8 Å². The Morgan fingerprint density at radius 2 is 1.55 bits per heavy atom. The van der Waals surface area contributed by atoms with Crippen molar-refractivity contribution in [3.63, 3.8) is 0 Å². The minimum absolute atomic E-state index is 0.647. The standard InChI is InChI=1S/C19H35N.C2H4/c1-8-11-18(12-9-2)16(5)19(17(6)20-7)14-13-15(4)10-3;1-2/h10,18,20H,5,8-9,11-14H2,1-4,6-7H3;1-2H2/b15-10+,19-17-;. The maximum atomic E-state index is 4.45. The summed E-state index contributed by atoms with van der Waals surface area (Å²) >= 11 is 0. The summed E-state index contributed by atoms with van der Waals surface area (Å²) in [5.41, 5.74) is 5.56. The lowest BCUT2D eigenvalue weighted by atomic mass is 9.84. The van der Waals surface area contributed by atoms with Crippen molar-refractivity contribution in [2.45, 2.75) is 73.1 Å². The summed E-state index contributed by atoms with van der Waals surface area (Å²) in [6.07, 6.45) is 9.45. The van der Waals surface area contributed by atoms with Crippen molar-refractivity contribution in [2.24, 2.45) is 5.92 Å². The molecular weight excluding hydrogens is 266 g/mol. The van der Waals surface area contributed by atoms with Gasteiger partial charge in [-0.3, -0.25) is 0 Å². The predicted octanol–water partition coefficient (Wildman–Crippen LogP) is 6.80. The highest BCUT2D eigenvalue weighted by molar-refractivity contribution is 5.34. The summed E-state index contributed by atoms with van der Waals surface area (Å²) < 4.78 is 0. The molecule has 0 unspecified atom stereocenters. The van der Waals surface area contributed by atoms with Gasteiger partial charge in [0.05, 0.1) is 0 Å². The molecule has 0 aromatic carbocycles. The highest BCUT2D eigenvalue weighted by atomic mass is 14.8. The number of rotatable bonds is 10. The summed E-state index contributed by atoms with van der Waals surface area (Å²) in [7, 11) is 2.01. The molecule has 0 fully saturated rings. The van der Waals surface area contributed by atoms with Crippen molar-refractivity contribution >= 4 is 0 Å². The van der Waals surface area contributed by atoms with E-state index in [1.54, 1.807) is 0 Å². The Hall–Kier alpha value is -1.24. The van der Waals surface area contributed by atoms with E-state index in [1.165, 1.54) is 48.1 Å². The molecule has 0 aliphatic heterocycles. The number of hydrogen-bond donors (Lipinski definition) is 1. The first-order valence-electron chi connectivity index (χ1n) is 8.70. The molecule has 0 aromatic rings. The Labute approximate surface area is 140 Å². The number of nitrogens with one attached hydrogen (secondary N) is 1. The Balaban J connectivity index is 0. The fraction of sp³-hybridized carbons (Fsp3) is 0.619. The van der Waals surface area contributed by atoms with Gasteiger partial charge in [0.2, 0.25) is 0 Å². The van der Waals surface area contributed by atoms with Crippen LogP contribution < -0.4 is 5.32 Å². The van der Waals surface area contributed by atoms with Gasteiger partial charge in [0.25, 0.3) is 0 Å². The summed E-state index contributed by atoms with van der Waals surface area (Å²) in [6.45, 7) is 21.5. The van der Waals surface area contributed by atoms with Crippen LogP contribution in [-0.4, -0.2) is 7.05 Å². The van der Waals surface area contributed by atoms with Gasteiger partial charge in [-0.2, -0.15) is 0 Å². The lowest BCUT2D eigenvalue weighted by molar-refractivity contribution is 0.505. The number of hydrogen-bond acceptors (Lipinski definition) is 1. The number of allylic oxidation sites excluding steroid dienone is 5. The monoisotopic (exact) mass is 305 g/mol. The maximum Gasteiger partial charge on any atom is 0.0108 e. The largest absolute Gasteiger partial charge is 0.391 e. The van der Waals surface area contributed by atoms with Crippen molar-refractivity contribution in [2.75, 3.05) is 7.05 Å². The van der Waals surface area contributed by atoms with Crippen molar-refractivity contribution in [3.8, 4) is 0 Å². The molecule has 128 valence electrons. The smallest absolute Gasteiger partial charge is 0.0108 e. The van der Waals surface area contributed by atoms with Crippen LogP contribution in [0.15, 0.2) is 48.2 Å². The van der Waals surface area contributed by atoms with E-state index in [1.807, 2.05) is 7.05 Å². The van der Waals surface area contributed by atoms with Crippen molar-refractivity contribution in [1.82, 2.24) is 5.32 Å². The van der Waals surface area contributed by atoms with Crippen LogP contribution in [0.2, 0.25) is 0 Å². The van der Waals surface area contributed by atoms with Gasteiger partial charge in [-0.25, -0.2) is 0 Å². The van der Waals surface area contributed by atoms with E-state index in [2.05, 4.69) is 65.7 Å². The van der Waals surface area contributed by atoms with Crippen molar-refractivity contribution < 1.29 is 0 Å².